The van der Waals surface area contributed by atoms with Crippen molar-refractivity contribution in [2.75, 3.05) is 6.54 Å². The molecule has 11 heavy (non-hydrogen) atoms. The lowest BCUT2D eigenvalue weighted by Gasteiger charge is -2.32. The summed E-state index contributed by atoms with van der Waals surface area (Å²) in [6.07, 6.45) is 7.45. The first kappa shape index (κ1) is 6.89. The van der Waals surface area contributed by atoms with Crippen molar-refractivity contribution < 1.29 is 4.79 Å². The molecule has 1 heterocycles. The lowest BCUT2D eigenvalue weighted by Crippen LogP contribution is -2.41. The van der Waals surface area contributed by atoms with Gasteiger partial charge in [-0.3, -0.25) is 4.79 Å². The van der Waals surface area contributed by atoms with Gasteiger partial charge in [-0.05, 0) is 24.7 Å². The summed E-state index contributed by atoms with van der Waals surface area (Å²) in [7, 11) is 0. The summed E-state index contributed by atoms with van der Waals surface area (Å²) in [6, 6.07) is 0. The van der Waals surface area contributed by atoms with Gasteiger partial charge in [0.1, 0.15) is 0 Å². The van der Waals surface area contributed by atoms with Crippen molar-refractivity contribution in [1.29, 1.82) is 0 Å². The van der Waals surface area contributed by atoms with Crippen LogP contribution < -0.4 is 5.32 Å². The van der Waals surface area contributed by atoms with Gasteiger partial charge in [0, 0.05) is 13.0 Å². The maximum atomic E-state index is 11.0. The van der Waals surface area contributed by atoms with E-state index in [1.165, 1.54) is 0 Å². The first-order valence-corrected chi connectivity index (χ1v) is 4.28. The van der Waals surface area contributed by atoms with Crippen LogP contribution in [0.5, 0.6) is 0 Å². The average Bonchev–Trinajstić information content (AvgIpc) is 2.04. The van der Waals surface area contributed by atoms with E-state index in [1.54, 1.807) is 0 Å². The molecule has 1 saturated heterocycles. The molecule has 0 saturated carbocycles. The monoisotopic (exact) mass is 151 g/mol. The molecule has 0 aromatic rings. The minimum Gasteiger partial charge on any atom is -0.356 e. The fourth-order valence-corrected chi connectivity index (χ4v) is 1.98. The number of amides is 1. The summed E-state index contributed by atoms with van der Waals surface area (Å²) in [5.41, 5.74) is 0. The van der Waals surface area contributed by atoms with Gasteiger partial charge < -0.3 is 5.32 Å². The molecule has 0 radical (unpaired) electrons. The Balaban J connectivity index is 2.06. The van der Waals surface area contributed by atoms with Crippen molar-refractivity contribution in [3.63, 3.8) is 0 Å². The number of fused-ring (bicyclic) bond motifs is 1. The van der Waals surface area contributed by atoms with E-state index in [-0.39, 0.29) is 5.91 Å². The Bertz CT molecular complexity index is 198. The molecule has 2 aliphatic rings. The van der Waals surface area contributed by atoms with Crippen molar-refractivity contribution in [2.24, 2.45) is 11.8 Å². The molecule has 1 aliphatic heterocycles. The van der Waals surface area contributed by atoms with Crippen LogP contribution in [0.1, 0.15) is 19.3 Å². The molecule has 0 bridgehead atoms. The zero-order valence-electron chi connectivity index (χ0n) is 6.55. The van der Waals surface area contributed by atoms with Gasteiger partial charge >= 0.3 is 0 Å². The van der Waals surface area contributed by atoms with Crippen LogP contribution in [0.15, 0.2) is 12.2 Å². The van der Waals surface area contributed by atoms with E-state index in [0.29, 0.717) is 5.92 Å². The number of hydrogen-bond acceptors (Lipinski definition) is 1. The van der Waals surface area contributed by atoms with Crippen molar-refractivity contribution in [3.05, 3.63) is 12.2 Å². The van der Waals surface area contributed by atoms with E-state index in [2.05, 4.69) is 17.5 Å². The molecular weight excluding hydrogens is 138 g/mol. The number of carbonyl (C=O) groups is 1. The zero-order valence-corrected chi connectivity index (χ0v) is 6.55. The van der Waals surface area contributed by atoms with E-state index in [4.69, 9.17) is 0 Å². The number of hydrogen-bond donors (Lipinski definition) is 1. The largest absolute Gasteiger partial charge is 0.356 e. The number of piperidine rings is 1. The molecule has 0 spiro atoms. The summed E-state index contributed by atoms with van der Waals surface area (Å²) in [4.78, 5) is 11.0. The summed E-state index contributed by atoms with van der Waals surface area (Å²) >= 11 is 0. The highest BCUT2D eigenvalue weighted by molar-refractivity contribution is 5.77. The molecule has 1 aliphatic carbocycles. The second-order valence-electron chi connectivity index (χ2n) is 3.47. The Labute approximate surface area is 66.7 Å². The third-order valence-corrected chi connectivity index (χ3v) is 2.72. The number of allylic oxidation sites excluding steroid dienone is 2. The second-order valence-corrected chi connectivity index (χ2v) is 3.47. The van der Waals surface area contributed by atoms with Crippen LogP contribution >= 0.6 is 0 Å². The minimum absolute atomic E-state index is 0.238. The van der Waals surface area contributed by atoms with E-state index < -0.39 is 0 Å². The topological polar surface area (TPSA) is 29.1 Å². The lowest BCUT2D eigenvalue weighted by molar-refractivity contribution is -0.124. The number of rotatable bonds is 0. The highest BCUT2D eigenvalue weighted by atomic mass is 16.1. The van der Waals surface area contributed by atoms with Crippen molar-refractivity contribution in [3.8, 4) is 0 Å². The van der Waals surface area contributed by atoms with Crippen LogP contribution in [0.3, 0.4) is 0 Å². The molecule has 60 valence electrons. The second kappa shape index (κ2) is 2.68. The van der Waals surface area contributed by atoms with Gasteiger partial charge in [0.15, 0.2) is 0 Å². The van der Waals surface area contributed by atoms with E-state index in [0.717, 1.165) is 31.7 Å². The van der Waals surface area contributed by atoms with E-state index in [1.807, 2.05) is 0 Å². The first-order chi connectivity index (χ1) is 5.36. The zero-order chi connectivity index (χ0) is 7.68. The third-order valence-electron chi connectivity index (χ3n) is 2.72. The quantitative estimate of drug-likeness (QED) is 0.516. The predicted octanol–water partition coefficient (Wildman–Crippen LogP) is 1.09. The Morgan fingerprint density at radius 1 is 1.27 bits per heavy atom. The van der Waals surface area contributed by atoms with Gasteiger partial charge in [-0.2, -0.15) is 0 Å². The van der Waals surface area contributed by atoms with Gasteiger partial charge in [0.25, 0.3) is 0 Å². The standard InChI is InChI=1S/C9H13NO/c11-9-5-7-3-1-2-4-8(7)6-10-9/h1-2,7-8H,3-6H2,(H,10,11)/t7-,8-/m1/s1. The third kappa shape index (κ3) is 1.30. The molecule has 2 heteroatoms. The van der Waals surface area contributed by atoms with Crippen LogP contribution in [0.4, 0.5) is 0 Å². The normalized spacial score (nSPS) is 36.2. The van der Waals surface area contributed by atoms with E-state index >= 15 is 0 Å². The Morgan fingerprint density at radius 3 is 2.82 bits per heavy atom. The van der Waals surface area contributed by atoms with Gasteiger partial charge in [-0.15, -0.1) is 0 Å². The van der Waals surface area contributed by atoms with Crippen molar-refractivity contribution in [1.82, 2.24) is 5.32 Å². The molecule has 1 fully saturated rings. The van der Waals surface area contributed by atoms with Gasteiger partial charge in [-0.1, -0.05) is 12.2 Å². The summed E-state index contributed by atoms with van der Waals surface area (Å²) in [5, 5.41) is 2.91. The Hall–Kier alpha value is -0.790. The van der Waals surface area contributed by atoms with Crippen LogP contribution in [0.2, 0.25) is 0 Å². The molecule has 0 unspecified atom stereocenters. The summed E-state index contributed by atoms with van der Waals surface area (Å²) in [5.74, 6) is 1.59. The van der Waals surface area contributed by atoms with Crippen LogP contribution in [0.25, 0.3) is 0 Å². The highest BCUT2D eigenvalue weighted by Crippen LogP contribution is 2.29. The van der Waals surface area contributed by atoms with Crippen LogP contribution in [0, 0.1) is 11.8 Å². The predicted molar refractivity (Wildman–Crippen MR) is 43.0 cm³/mol. The average molecular weight is 151 g/mol. The van der Waals surface area contributed by atoms with Crippen molar-refractivity contribution >= 4 is 5.91 Å². The minimum atomic E-state index is 0.238. The Kier molecular flexibility index (Phi) is 1.68. The van der Waals surface area contributed by atoms with Gasteiger partial charge in [0.2, 0.25) is 5.91 Å². The molecule has 0 aromatic carbocycles. The SMILES string of the molecule is O=C1C[C@H]2CC=CC[C@@H]2CN1. The molecule has 2 nitrogen and oxygen atoms in total. The fraction of sp³-hybridized carbons (Fsp3) is 0.667. The van der Waals surface area contributed by atoms with Crippen molar-refractivity contribution in [2.45, 2.75) is 19.3 Å². The van der Waals surface area contributed by atoms with Crippen LogP contribution in [-0.2, 0) is 4.79 Å². The fourth-order valence-electron chi connectivity index (χ4n) is 1.98. The molecule has 1 N–H and O–H groups in total. The van der Waals surface area contributed by atoms with E-state index in [9.17, 15) is 4.79 Å². The van der Waals surface area contributed by atoms with Gasteiger partial charge in [-0.25, -0.2) is 0 Å². The van der Waals surface area contributed by atoms with Crippen LogP contribution in [-0.4, -0.2) is 12.5 Å². The molecule has 1 amide bonds. The highest BCUT2D eigenvalue weighted by Gasteiger charge is 2.28. The lowest BCUT2D eigenvalue weighted by atomic mass is 9.79. The molecule has 2 atom stereocenters. The molecule has 0 aromatic heterocycles. The van der Waals surface area contributed by atoms with Gasteiger partial charge in [0.05, 0.1) is 0 Å². The molecular formula is C9H13NO. The summed E-state index contributed by atoms with van der Waals surface area (Å²) in [6.45, 7) is 0.897. The number of carbonyl (C=O) groups excluding carboxylic acids is 1. The smallest absolute Gasteiger partial charge is 0.220 e. The molecule has 2 rings (SSSR count). The number of nitrogens with one attached hydrogen (secondary N) is 1. The maximum absolute atomic E-state index is 11.0. The first-order valence-electron chi connectivity index (χ1n) is 4.28. The Morgan fingerprint density at radius 2 is 2.00 bits per heavy atom. The maximum Gasteiger partial charge on any atom is 0.220 e. The summed E-state index contributed by atoms with van der Waals surface area (Å²) < 4.78 is 0.